The van der Waals surface area contributed by atoms with Crippen LogP contribution in [0.4, 0.5) is 0 Å². The average molecular weight is 1190 g/mol. The fourth-order valence-electron chi connectivity index (χ4n) is 10.9. The number of aliphatic hydroxyl groups is 5. The highest BCUT2D eigenvalue weighted by molar-refractivity contribution is 5.76. The number of hydrogen-bond donors (Lipinski definition) is 6. The summed E-state index contributed by atoms with van der Waals surface area (Å²) in [7, 11) is 0. The van der Waals surface area contributed by atoms with Crippen LogP contribution in [0.1, 0.15) is 309 Å². The van der Waals surface area contributed by atoms with Crippen LogP contribution in [0.2, 0.25) is 0 Å². The number of amides is 1. The number of nitrogens with one attached hydrogen (secondary N) is 1. The Morgan fingerprint density at radius 1 is 0.412 bits per heavy atom. The molecule has 0 aliphatic carbocycles. The molecule has 1 fully saturated rings. The highest BCUT2D eigenvalue weighted by Gasteiger charge is 2.44. The number of carbonyl (C=O) groups is 1. The van der Waals surface area contributed by atoms with E-state index < -0.39 is 49.5 Å². The number of unbranched alkanes of at least 4 members (excludes halogenated alkanes) is 33. The lowest BCUT2D eigenvalue weighted by Gasteiger charge is -2.40. The van der Waals surface area contributed by atoms with E-state index >= 15 is 0 Å². The summed E-state index contributed by atoms with van der Waals surface area (Å²) in [6, 6.07) is -0.726. The van der Waals surface area contributed by atoms with E-state index in [2.05, 4.69) is 129 Å². The largest absolute Gasteiger partial charge is 0.394 e. The minimum absolute atomic E-state index is 0.141. The Labute approximate surface area is 523 Å². The third-order valence-electron chi connectivity index (χ3n) is 16.4. The molecule has 1 rings (SSSR count). The van der Waals surface area contributed by atoms with Crippen LogP contribution < -0.4 is 5.32 Å². The molecule has 1 aliphatic heterocycles. The van der Waals surface area contributed by atoms with Gasteiger partial charge < -0.3 is 40.3 Å². The predicted octanol–water partition coefficient (Wildman–Crippen LogP) is 19.6. The van der Waals surface area contributed by atoms with Crippen molar-refractivity contribution in [1.29, 1.82) is 0 Å². The maximum atomic E-state index is 13.2. The van der Waals surface area contributed by atoms with Gasteiger partial charge in [0, 0.05) is 6.42 Å². The van der Waals surface area contributed by atoms with Crippen molar-refractivity contribution in [1.82, 2.24) is 5.32 Å². The van der Waals surface area contributed by atoms with E-state index in [0.29, 0.717) is 12.8 Å². The molecule has 0 spiro atoms. The van der Waals surface area contributed by atoms with Crippen molar-refractivity contribution in [2.24, 2.45) is 0 Å². The van der Waals surface area contributed by atoms with Gasteiger partial charge >= 0.3 is 0 Å². The van der Waals surface area contributed by atoms with E-state index in [-0.39, 0.29) is 12.5 Å². The lowest BCUT2D eigenvalue weighted by Crippen LogP contribution is -2.60. The normalized spacial score (nSPS) is 18.8. The number of hydrogen-bond acceptors (Lipinski definition) is 8. The second kappa shape index (κ2) is 63.9. The van der Waals surface area contributed by atoms with Crippen LogP contribution in [0.25, 0.3) is 0 Å². The molecule has 7 atom stereocenters. The van der Waals surface area contributed by atoms with Crippen LogP contribution in [0.5, 0.6) is 0 Å². The van der Waals surface area contributed by atoms with Crippen molar-refractivity contribution in [3.63, 3.8) is 0 Å². The molecule has 1 aliphatic rings. The first-order chi connectivity index (χ1) is 41.8. The molecule has 0 aromatic carbocycles. The first kappa shape index (κ1) is 79.9. The van der Waals surface area contributed by atoms with Crippen LogP contribution in [0.15, 0.2) is 109 Å². The lowest BCUT2D eigenvalue weighted by atomic mass is 9.99. The number of carbonyl (C=O) groups excluding carboxylic acids is 1. The molecule has 0 aromatic heterocycles. The molecule has 9 heteroatoms. The lowest BCUT2D eigenvalue weighted by molar-refractivity contribution is -0.302. The molecular weight excluding hydrogens is 1050 g/mol. The minimum Gasteiger partial charge on any atom is -0.394 e. The molecule has 1 heterocycles. The van der Waals surface area contributed by atoms with Crippen molar-refractivity contribution < 1.29 is 39.8 Å². The minimum atomic E-state index is -1.56. The first-order valence-electron chi connectivity index (χ1n) is 35.6. The number of aliphatic hydroxyl groups excluding tert-OH is 5. The standard InChI is InChI=1S/C76H133NO8/c1-3-5-7-9-11-13-15-17-19-21-23-25-26-27-28-29-30-31-32-33-34-35-36-37-38-39-40-41-42-43-44-46-48-50-52-54-56-58-60-62-64-66-72(80)77-69(68-84-76-75(83)74(82)73(81)71(67-78)85-76)70(79)65-63-61-59-57-55-53-51-49-47-45-24-22-20-18-16-14-12-10-8-6-4-2/h5,7,11,13,17,19,23,25,27-28,30-31,33-34,36-37,39-40,69-71,73-76,78-79,81-83H,3-4,6,8-10,12,14-16,18,20-22,24,26,29,32,35,38,41-68H2,1-2H3,(H,77,80)/b7-5-,13-11-,19-17-,25-23-,28-27-,31-30-,34-33-,37-36-,40-39-. The maximum absolute atomic E-state index is 13.2. The van der Waals surface area contributed by atoms with Crippen molar-refractivity contribution in [2.75, 3.05) is 13.2 Å². The van der Waals surface area contributed by atoms with Crippen molar-refractivity contribution in [3.8, 4) is 0 Å². The topological polar surface area (TPSA) is 149 Å². The Hall–Kier alpha value is -3.15. The summed E-state index contributed by atoms with van der Waals surface area (Å²) in [5, 5.41) is 54.9. The third-order valence-corrected chi connectivity index (χ3v) is 16.4. The van der Waals surface area contributed by atoms with Crippen molar-refractivity contribution in [3.05, 3.63) is 109 Å². The van der Waals surface area contributed by atoms with Gasteiger partial charge in [-0.2, -0.15) is 0 Å². The monoisotopic (exact) mass is 1190 g/mol. The van der Waals surface area contributed by atoms with Gasteiger partial charge in [-0.05, 0) is 83.5 Å². The van der Waals surface area contributed by atoms with E-state index in [0.717, 1.165) is 96.3 Å². The SMILES string of the molecule is CC/C=C\C/C=C\C/C=C\C/C=C\C/C=C\C/C=C\C/C=C\C/C=C\C/C=C\CCCCCCCCCCCCCCCC(=O)NC(COC1OC(CO)C(O)C(O)C1O)C(O)CCCCCCCCCCCCCCCCCCCCCCC. The molecule has 9 nitrogen and oxygen atoms in total. The number of rotatable bonds is 61. The first-order valence-corrected chi connectivity index (χ1v) is 35.6. The van der Waals surface area contributed by atoms with Crippen LogP contribution in [-0.2, 0) is 14.3 Å². The van der Waals surface area contributed by atoms with E-state index in [4.69, 9.17) is 9.47 Å². The Kier molecular flexibility index (Phi) is 60.0. The Balaban J connectivity index is 2.10. The van der Waals surface area contributed by atoms with Crippen LogP contribution in [-0.4, -0.2) is 87.5 Å². The Morgan fingerprint density at radius 3 is 1.08 bits per heavy atom. The van der Waals surface area contributed by atoms with Crippen LogP contribution in [0.3, 0.4) is 0 Å². The summed E-state index contributed by atoms with van der Waals surface area (Å²) in [5.74, 6) is -0.145. The summed E-state index contributed by atoms with van der Waals surface area (Å²) in [6.07, 6.45) is 87.2. The smallest absolute Gasteiger partial charge is 0.220 e. The highest BCUT2D eigenvalue weighted by atomic mass is 16.7. The van der Waals surface area contributed by atoms with Gasteiger partial charge in [0.05, 0.1) is 25.4 Å². The third kappa shape index (κ3) is 52.5. The molecular formula is C76H133NO8. The van der Waals surface area contributed by atoms with Gasteiger partial charge in [0.1, 0.15) is 24.4 Å². The molecule has 7 unspecified atom stereocenters. The summed E-state index contributed by atoms with van der Waals surface area (Å²) < 4.78 is 11.4. The molecule has 1 amide bonds. The zero-order valence-corrected chi connectivity index (χ0v) is 54.8. The molecule has 0 radical (unpaired) electrons. The zero-order chi connectivity index (χ0) is 61.4. The summed E-state index contributed by atoms with van der Waals surface area (Å²) in [4.78, 5) is 13.2. The van der Waals surface area contributed by atoms with Gasteiger partial charge in [-0.25, -0.2) is 0 Å². The zero-order valence-electron chi connectivity index (χ0n) is 54.8. The molecule has 1 saturated heterocycles. The highest BCUT2D eigenvalue weighted by Crippen LogP contribution is 2.23. The van der Waals surface area contributed by atoms with Crippen molar-refractivity contribution in [2.45, 2.75) is 352 Å². The fraction of sp³-hybridized carbons (Fsp3) is 0.750. The van der Waals surface area contributed by atoms with Crippen LogP contribution in [0, 0.1) is 0 Å². The molecule has 490 valence electrons. The van der Waals surface area contributed by atoms with Gasteiger partial charge in [-0.15, -0.1) is 0 Å². The average Bonchev–Trinajstić information content (AvgIpc) is 3.68. The Bertz CT molecular complexity index is 1710. The second-order valence-corrected chi connectivity index (χ2v) is 24.3. The summed E-state index contributed by atoms with van der Waals surface area (Å²) >= 11 is 0. The maximum Gasteiger partial charge on any atom is 0.220 e. The number of ether oxygens (including phenoxy) is 2. The van der Waals surface area contributed by atoms with Crippen LogP contribution >= 0.6 is 0 Å². The summed E-state index contributed by atoms with van der Waals surface area (Å²) in [6.45, 7) is 3.75. The fourth-order valence-corrected chi connectivity index (χ4v) is 10.9. The Morgan fingerprint density at radius 2 is 0.729 bits per heavy atom. The van der Waals surface area contributed by atoms with E-state index in [1.807, 2.05) is 0 Å². The molecule has 0 bridgehead atoms. The van der Waals surface area contributed by atoms with E-state index in [1.54, 1.807) is 0 Å². The predicted molar refractivity (Wildman–Crippen MR) is 364 cm³/mol. The molecule has 0 saturated carbocycles. The summed E-state index contributed by atoms with van der Waals surface area (Å²) in [5.41, 5.74) is 0. The van der Waals surface area contributed by atoms with Gasteiger partial charge in [0.2, 0.25) is 5.91 Å². The van der Waals surface area contributed by atoms with Gasteiger partial charge in [-0.3, -0.25) is 4.79 Å². The van der Waals surface area contributed by atoms with E-state index in [1.165, 1.54) is 186 Å². The van der Waals surface area contributed by atoms with Gasteiger partial charge in [0.15, 0.2) is 6.29 Å². The van der Waals surface area contributed by atoms with E-state index in [9.17, 15) is 30.3 Å². The van der Waals surface area contributed by atoms with Crippen molar-refractivity contribution >= 4 is 5.91 Å². The second-order valence-electron chi connectivity index (χ2n) is 24.3. The van der Waals surface area contributed by atoms with Gasteiger partial charge in [0.25, 0.3) is 0 Å². The quantitative estimate of drug-likeness (QED) is 0.0261. The molecule has 85 heavy (non-hydrogen) atoms. The molecule has 6 N–H and O–H groups in total. The van der Waals surface area contributed by atoms with Gasteiger partial charge in [-0.1, -0.05) is 329 Å². The molecule has 0 aromatic rings. The number of allylic oxidation sites excluding steroid dienone is 18.